The van der Waals surface area contributed by atoms with E-state index in [9.17, 15) is 9.18 Å². The Hall–Kier alpha value is -2.97. The molecule has 0 saturated heterocycles. The lowest BCUT2D eigenvalue weighted by molar-refractivity contribution is 0.176. The van der Waals surface area contributed by atoms with Gasteiger partial charge in [0.1, 0.15) is 11.4 Å². The number of rotatable bonds is 10. The fourth-order valence-corrected chi connectivity index (χ4v) is 3.67. The van der Waals surface area contributed by atoms with E-state index in [1.54, 1.807) is 18.5 Å². The molecule has 0 aliphatic heterocycles. The van der Waals surface area contributed by atoms with Gasteiger partial charge in [0.15, 0.2) is 0 Å². The lowest BCUT2D eigenvalue weighted by Crippen LogP contribution is -2.44. The van der Waals surface area contributed by atoms with Crippen LogP contribution in [-0.4, -0.2) is 56.6 Å². The number of halogens is 1. The maximum Gasteiger partial charge on any atom is 0.322 e. The molecule has 2 aromatic heterocycles. The third kappa shape index (κ3) is 6.52. The first-order valence-corrected chi connectivity index (χ1v) is 11.8. The van der Waals surface area contributed by atoms with Crippen molar-refractivity contribution >= 4 is 23.6 Å². The van der Waals surface area contributed by atoms with E-state index in [4.69, 9.17) is 5.41 Å². The van der Waals surface area contributed by atoms with Crippen molar-refractivity contribution < 1.29 is 9.18 Å². The Morgan fingerprint density at radius 2 is 2.00 bits per heavy atom. The van der Waals surface area contributed by atoms with E-state index in [1.807, 2.05) is 18.7 Å². The van der Waals surface area contributed by atoms with Crippen molar-refractivity contribution in [2.75, 3.05) is 23.7 Å². The normalized spacial score (nSPS) is 14.0. The Morgan fingerprint density at radius 3 is 2.55 bits per heavy atom. The molecule has 0 radical (unpaired) electrons. The molecule has 0 aromatic carbocycles. The molecule has 4 N–H and O–H groups in total. The molecule has 2 heterocycles. The SMILES string of the molecule is CC.CCCN(C(=O)Nc1cn[nH]c1-c1cc(NCC(C)(C)F)c(C=N)cn1)C1(CC)CC1. The second kappa shape index (κ2) is 11.2. The minimum absolute atomic E-state index is 0.0376. The Balaban J connectivity index is 0.00000187. The molecule has 182 valence electrons. The average Bonchev–Trinajstić information content (AvgIpc) is 3.47. The molecule has 0 bridgehead atoms. The highest BCUT2D eigenvalue weighted by molar-refractivity contribution is 5.94. The second-order valence-electron chi connectivity index (χ2n) is 8.69. The first kappa shape index (κ1) is 26.3. The number of aromatic amines is 1. The molecular weight excluding hydrogens is 421 g/mol. The van der Waals surface area contributed by atoms with Crippen LogP contribution in [0.5, 0.6) is 0 Å². The van der Waals surface area contributed by atoms with Crippen molar-refractivity contribution in [3.63, 3.8) is 0 Å². The Labute approximate surface area is 196 Å². The summed E-state index contributed by atoms with van der Waals surface area (Å²) < 4.78 is 14.0. The maximum atomic E-state index is 14.0. The second-order valence-corrected chi connectivity index (χ2v) is 8.69. The zero-order valence-electron chi connectivity index (χ0n) is 20.7. The summed E-state index contributed by atoms with van der Waals surface area (Å²) in [5.74, 6) is 0. The van der Waals surface area contributed by atoms with Crippen LogP contribution >= 0.6 is 0 Å². The van der Waals surface area contributed by atoms with Gasteiger partial charge in [0.2, 0.25) is 0 Å². The molecule has 0 unspecified atom stereocenters. The zero-order valence-corrected chi connectivity index (χ0v) is 20.7. The minimum atomic E-state index is -1.41. The van der Waals surface area contributed by atoms with Crippen LogP contribution in [0.4, 0.5) is 20.6 Å². The van der Waals surface area contributed by atoms with Gasteiger partial charge in [-0.15, -0.1) is 0 Å². The maximum absolute atomic E-state index is 14.0. The summed E-state index contributed by atoms with van der Waals surface area (Å²) in [7, 11) is 0. The highest BCUT2D eigenvalue weighted by atomic mass is 19.1. The minimum Gasteiger partial charge on any atom is -0.381 e. The van der Waals surface area contributed by atoms with Gasteiger partial charge in [0.05, 0.1) is 17.6 Å². The number of carbonyl (C=O) groups is 1. The number of urea groups is 1. The molecule has 0 atom stereocenters. The Kier molecular flexibility index (Phi) is 8.96. The number of nitrogens with zero attached hydrogens (tertiary/aromatic N) is 3. The van der Waals surface area contributed by atoms with Crippen molar-refractivity contribution in [2.45, 2.75) is 78.4 Å². The summed E-state index contributed by atoms with van der Waals surface area (Å²) in [6.45, 7) is 12.0. The van der Waals surface area contributed by atoms with Crippen molar-refractivity contribution in [1.29, 1.82) is 5.41 Å². The van der Waals surface area contributed by atoms with Crippen LogP contribution in [0.25, 0.3) is 11.4 Å². The average molecular weight is 460 g/mol. The molecular formula is C24H38FN7O. The highest BCUT2D eigenvalue weighted by Gasteiger charge is 2.48. The highest BCUT2D eigenvalue weighted by Crippen LogP contribution is 2.45. The van der Waals surface area contributed by atoms with Crippen molar-refractivity contribution in [1.82, 2.24) is 20.1 Å². The van der Waals surface area contributed by atoms with Gasteiger partial charge in [-0.3, -0.25) is 10.1 Å². The number of hydrogen-bond acceptors (Lipinski definition) is 5. The lowest BCUT2D eigenvalue weighted by atomic mass is 10.1. The Bertz CT molecular complexity index is 931. The van der Waals surface area contributed by atoms with Crippen molar-refractivity contribution in [3.05, 3.63) is 24.0 Å². The van der Waals surface area contributed by atoms with Crippen molar-refractivity contribution in [3.8, 4) is 11.4 Å². The van der Waals surface area contributed by atoms with E-state index in [0.717, 1.165) is 25.7 Å². The van der Waals surface area contributed by atoms with Gasteiger partial charge in [0.25, 0.3) is 0 Å². The third-order valence-electron chi connectivity index (χ3n) is 5.68. The zero-order chi connectivity index (χ0) is 24.6. The molecule has 33 heavy (non-hydrogen) atoms. The molecule has 1 saturated carbocycles. The van der Waals surface area contributed by atoms with Gasteiger partial charge < -0.3 is 20.9 Å². The third-order valence-corrected chi connectivity index (χ3v) is 5.68. The smallest absolute Gasteiger partial charge is 0.322 e. The fraction of sp³-hybridized carbons (Fsp3) is 0.583. The lowest BCUT2D eigenvalue weighted by Gasteiger charge is -2.31. The number of amides is 2. The monoisotopic (exact) mass is 459 g/mol. The molecule has 2 amide bonds. The number of carbonyl (C=O) groups excluding carboxylic acids is 1. The van der Waals surface area contributed by atoms with E-state index >= 15 is 0 Å². The largest absolute Gasteiger partial charge is 0.381 e. The molecule has 9 heteroatoms. The van der Waals surface area contributed by atoms with Crippen molar-refractivity contribution in [2.24, 2.45) is 0 Å². The number of pyridine rings is 1. The molecule has 0 spiro atoms. The van der Waals surface area contributed by atoms with E-state index in [-0.39, 0.29) is 18.1 Å². The summed E-state index contributed by atoms with van der Waals surface area (Å²) in [5.41, 5.74) is 1.33. The van der Waals surface area contributed by atoms with Crippen LogP contribution in [0.15, 0.2) is 18.5 Å². The number of aromatic nitrogens is 3. The first-order valence-electron chi connectivity index (χ1n) is 11.8. The van der Waals surface area contributed by atoms with Crippen LogP contribution in [0.3, 0.4) is 0 Å². The van der Waals surface area contributed by atoms with Gasteiger partial charge in [-0.25, -0.2) is 9.18 Å². The number of hydrogen-bond donors (Lipinski definition) is 4. The topological polar surface area (TPSA) is 110 Å². The predicted octanol–water partition coefficient (Wildman–Crippen LogP) is 5.84. The standard InChI is InChI=1S/C22H32FN7O.C2H6/c1-5-9-30(22(6-2)7-8-22)20(31)28-18-13-27-29-19(18)17-10-16(15(11-24)12-25-17)26-14-21(3,4)23;1-2/h10-13,24H,5-9,14H2,1-4H3,(H,25,26)(H,27,29)(H,28,31);1-2H3. The van der Waals surface area contributed by atoms with Crippen LogP contribution < -0.4 is 10.6 Å². The van der Waals surface area contributed by atoms with Gasteiger partial charge in [-0.05, 0) is 45.6 Å². The summed E-state index contributed by atoms with van der Waals surface area (Å²) in [5, 5.41) is 20.6. The summed E-state index contributed by atoms with van der Waals surface area (Å²) in [4.78, 5) is 19.4. The molecule has 1 aliphatic carbocycles. The molecule has 3 rings (SSSR count). The molecule has 2 aromatic rings. The van der Waals surface area contributed by atoms with E-state index < -0.39 is 5.67 Å². The number of anilines is 2. The summed E-state index contributed by atoms with van der Waals surface area (Å²) in [6.07, 6.45) is 8.16. The summed E-state index contributed by atoms with van der Waals surface area (Å²) in [6, 6.07) is 1.59. The van der Waals surface area contributed by atoms with Gasteiger partial charge in [0, 0.05) is 42.3 Å². The van der Waals surface area contributed by atoms with Gasteiger partial charge in [-0.1, -0.05) is 27.7 Å². The molecule has 8 nitrogen and oxygen atoms in total. The van der Waals surface area contributed by atoms with E-state index in [0.29, 0.717) is 34.9 Å². The number of alkyl halides is 1. The van der Waals surface area contributed by atoms with Crippen LogP contribution in [-0.2, 0) is 0 Å². The summed E-state index contributed by atoms with van der Waals surface area (Å²) >= 11 is 0. The predicted molar refractivity (Wildman–Crippen MR) is 133 cm³/mol. The van der Waals surface area contributed by atoms with Crippen LogP contribution in [0.1, 0.15) is 72.8 Å². The number of nitrogens with one attached hydrogen (secondary N) is 4. The Morgan fingerprint density at radius 1 is 1.30 bits per heavy atom. The van der Waals surface area contributed by atoms with Crippen LogP contribution in [0.2, 0.25) is 0 Å². The van der Waals surface area contributed by atoms with Gasteiger partial charge in [-0.2, -0.15) is 5.10 Å². The van der Waals surface area contributed by atoms with E-state index in [2.05, 4.69) is 39.7 Å². The molecule has 1 aliphatic rings. The first-order chi connectivity index (χ1) is 15.7. The quantitative estimate of drug-likeness (QED) is 0.334. The fourth-order valence-electron chi connectivity index (χ4n) is 3.67. The molecule has 1 fully saturated rings. The van der Waals surface area contributed by atoms with Crippen LogP contribution in [0, 0.1) is 5.41 Å². The van der Waals surface area contributed by atoms with Gasteiger partial charge >= 0.3 is 6.03 Å². The number of H-pyrrole nitrogens is 1. The van der Waals surface area contributed by atoms with E-state index in [1.165, 1.54) is 20.1 Å².